The Hall–Kier alpha value is -4.97. The Morgan fingerprint density at radius 3 is 2.62 bits per heavy atom. The number of nitrogens with zero attached hydrogens (tertiary/aromatic N) is 5. The average Bonchev–Trinajstić information content (AvgIpc) is 3.32. The van der Waals surface area contributed by atoms with Crippen LogP contribution in [0, 0.1) is 24.2 Å². The first-order valence-electron chi connectivity index (χ1n) is 11.7. The molecule has 3 heterocycles. The monoisotopic (exact) mass is 491 g/mol. The standard InChI is InChI=1S/C28H25N7O2/c1-18-13-19(6-8-24(18)37-21-10-12-35-25(15-21)30-17-32-35)34-27-22-14-20(5-7-23(22)29-16-31-27)33-26(36)9-11-28(2,3)4/h5-8,10,12-17H,1-4H3,(H,33,36)(H,29,31,34). The van der Waals surface area contributed by atoms with Crippen LogP contribution in [0.15, 0.2) is 67.4 Å². The Labute approximate surface area is 213 Å². The number of hydrogen-bond donors (Lipinski definition) is 2. The van der Waals surface area contributed by atoms with E-state index in [1.807, 2.05) is 70.2 Å². The predicted molar refractivity (Wildman–Crippen MR) is 143 cm³/mol. The number of amides is 1. The van der Waals surface area contributed by atoms with Crippen molar-refractivity contribution < 1.29 is 9.53 Å². The molecule has 0 aliphatic rings. The molecule has 3 aromatic heterocycles. The first-order valence-corrected chi connectivity index (χ1v) is 11.7. The number of aromatic nitrogens is 5. The third kappa shape index (κ3) is 5.65. The first-order chi connectivity index (χ1) is 17.7. The van der Waals surface area contributed by atoms with E-state index in [9.17, 15) is 4.79 Å². The summed E-state index contributed by atoms with van der Waals surface area (Å²) in [5, 5.41) is 11.0. The van der Waals surface area contributed by atoms with E-state index in [0.717, 1.165) is 27.9 Å². The lowest BCUT2D eigenvalue weighted by molar-refractivity contribution is -0.111. The molecule has 0 saturated carbocycles. The van der Waals surface area contributed by atoms with Gasteiger partial charge in [0.2, 0.25) is 0 Å². The molecule has 0 radical (unpaired) electrons. The van der Waals surface area contributed by atoms with Crippen molar-refractivity contribution in [2.75, 3.05) is 10.6 Å². The first kappa shape index (κ1) is 23.8. The minimum Gasteiger partial charge on any atom is -0.457 e. The molecular weight excluding hydrogens is 466 g/mol. The molecule has 0 spiro atoms. The van der Waals surface area contributed by atoms with Crippen molar-refractivity contribution in [3.63, 3.8) is 0 Å². The summed E-state index contributed by atoms with van der Waals surface area (Å²) in [7, 11) is 0. The summed E-state index contributed by atoms with van der Waals surface area (Å²) < 4.78 is 7.75. The van der Waals surface area contributed by atoms with E-state index < -0.39 is 0 Å². The summed E-state index contributed by atoms with van der Waals surface area (Å²) in [6.45, 7) is 7.84. The second-order valence-corrected chi connectivity index (χ2v) is 9.54. The zero-order valence-corrected chi connectivity index (χ0v) is 20.9. The molecule has 184 valence electrons. The highest BCUT2D eigenvalue weighted by Crippen LogP contribution is 2.30. The van der Waals surface area contributed by atoms with E-state index in [1.165, 1.54) is 12.7 Å². The molecule has 2 N–H and O–H groups in total. The van der Waals surface area contributed by atoms with E-state index in [-0.39, 0.29) is 11.3 Å². The van der Waals surface area contributed by atoms with Crippen molar-refractivity contribution >= 4 is 39.6 Å². The van der Waals surface area contributed by atoms with Gasteiger partial charge in [-0.15, -0.1) is 0 Å². The van der Waals surface area contributed by atoms with Gasteiger partial charge < -0.3 is 15.4 Å². The molecular formula is C28H25N7O2. The molecule has 0 fully saturated rings. The Balaban J connectivity index is 1.36. The molecule has 5 aromatic rings. The zero-order valence-electron chi connectivity index (χ0n) is 20.9. The Morgan fingerprint density at radius 1 is 0.973 bits per heavy atom. The smallest absolute Gasteiger partial charge is 0.300 e. The molecule has 5 rings (SSSR count). The van der Waals surface area contributed by atoms with Gasteiger partial charge in [0.1, 0.15) is 30.0 Å². The van der Waals surface area contributed by atoms with E-state index >= 15 is 0 Å². The number of carbonyl (C=O) groups excluding carboxylic acids is 1. The highest BCUT2D eigenvalue weighted by Gasteiger charge is 2.10. The number of aryl methyl sites for hydroxylation is 1. The number of fused-ring (bicyclic) bond motifs is 2. The minimum absolute atomic E-state index is 0.255. The van der Waals surface area contributed by atoms with Crippen LogP contribution in [0.1, 0.15) is 26.3 Å². The highest BCUT2D eigenvalue weighted by molar-refractivity contribution is 6.05. The fourth-order valence-electron chi connectivity index (χ4n) is 3.61. The topological polar surface area (TPSA) is 106 Å². The molecule has 0 unspecified atom stereocenters. The number of rotatable bonds is 5. The SMILES string of the molecule is Cc1cc(Nc2ncnc3ccc(NC(=O)C#CC(C)(C)C)cc23)ccc1Oc1ccn2ncnc2c1. The lowest BCUT2D eigenvalue weighted by Gasteiger charge is -2.13. The maximum atomic E-state index is 12.3. The van der Waals surface area contributed by atoms with Crippen LogP contribution in [0.2, 0.25) is 0 Å². The van der Waals surface area contributed by atoms with Crippen molar-refractivity contribution in [2.24, 2.45) is 5.41 Å². The summed E-state index contributed by atoms with van der Waals surface area (Å²) in [6, 6.07) is 14.9. The molecule has 37 heavy (non-hydrogen) atoms. The Bertz CT molecular complexity index is 1690. The van der Waals surface area contributed by atoms with Crippen molar-refractivity contribution in [1.82, 2.24) is 24.6 Å². The molecule has 0 aliphatic heterocycles. The van der Waals surface area contributed by atoms with Crippen LogP contribution in [-0.2, 0) is 4.79 Å². The van der Waals surface area contributed by atoms with Gasteiger partial charge >= 0.3 is 0 Å². The lowest BCUT2D eigenvalue weighted by atomic mass is 9.98. The van der Waals surface area contributed by atoms with Crippen molar-refractivity contribution in [3.05, 3.63) is 72.9 Å². The van der Waals surface area contributed by atoms with E-state index in [0.29, 0.717) is 22.9 Å². The summed E-state index contributed by atoms with van der Waals surface area (Å²) in [5.41, 5.74) is 3.59. The van der Waals surface area contributed by atoms with E-state index in [2.05, 4.69) is 42.5 Å². The van der Waals surface area contributed by atoms with Gasteiger partial charge in [-0.1, -0.05) is 5.92 Å². The van der Waals surface area contributed by atoms with Crippen molar-refractivity contribution in [1.29, 1.82) is 0 Å². The molecule has 0 aliphatic carbocycles. The quantitative estimate of drug-likeness (QED) is 0.313. The van der Waals surface area contributed by atoms with E-state index in [4.69, 9.17) is 4.74 Å². The molecule has 1 amide bonds. The summed E-state index contributed by atoms with van der Waals surface area (Å²) in [4.78, 5) is 25.2. The van der Waals surface area contributed by atoms with Gasteiger partial charge in [0.05, 0.1) is 5.52 Å². The Morgan fingerprint density at radius 2 is 1.81 bits per heavy atom. The van der Waals surface area contributed by atoms with Crippen molar-refractivity contribution in [3.8, 4) is 23.3 Å². The van der Waals surface area contributed by atoms with Gasteiger partial charge in [-0.3, -0.25) is 4.79 Å². The van der Waals surface area contributed by atoms with Crippen LogP contribution in [0.5, 0.6) is 11.5 Å². The number of benzene rings is 2. The second-order valence-electron chi connectivity index (χ2n) is 9.54. The molecule has 2 aromatic carbocycles. The summed E-state index contributed by atoms with van der Waals surface area (Å²) >= 11 is 0. The van der Waals surface area contributed by atoms with Crippen LogP contribution < -0.4 is 15.4 Å². The predicted octanol–water partition coefficient (Wildman–Crippen LogP) is 5.50. The molecule has 0 atom stereocenters. The number of anilines is 3. The average molecular weight is 492 g/mol. The van der Waals surface area contributed by atoms with Gasteiger partial charge in [-0.05, 0) is 81.6 Å². The van der Waals surface area contributed by atoms with Crippen LogP contribution in [-0.4, -0.2) is 30.5 Å². The number of pyridine rings is 1. The second kappa shape index (κ2) is 9.59. The maximum Gasteiger partial charge on any atom is 0.300 e. The van der Waals surface area contributed by atoms with E-state index in [1.54, 1.807) is 16.8 Å². The maximum absolute atomic E-state index is 12.3. The lowest BCUT2D eigenvalue weighted by Crippen LogP contribution is -2.10. The van der Waals surface area contributed by atoms with Crippen LogP contribution in [0.4, 0.5) is 17.2 Å². The number of hydrogen-bond acceptors (Lipinski definition) is 7. The van der Waals surface area contributed by atoms with Crippen LogP contribution in [0.25, 0.3) is 16.6 Å². The summed E-state index contributed by atoms with van der Waals surface area (Å²) in [5.74, 6) is 7.23. The summed E-state index contributed by atoms with van der Waals surface area (Å²) in [6.07, 6.45) is 4.80. The highest BCUT2D eigenvalue weighted by atomic mass is 16.5. The van der Waals surface area contributed by atoms with Gasteiger partial charge in [0, 0.05) is 34.4 Å². The van der Waals surface area contributed by atoms with Crippen molar-refractivity contribution in [2.45, 2.75) is 27.7 Å². The fraction of sp³-hybridized carbons (Fsp3) is 0.179. The van der Waals surface area contributed by atoms with Crippen LogP contribution >= 0.6 is 0 Å². The fourth-order valence-corrected chi connectivity index (χ4v) is 3.61. The van der Waals surface area contributed by atoms with Gasteiger partial charge in [0.15, 0.2) is 5.65 Å². The molecule has 9 heteroatoms. The van der Waals surface area contributed by atoms with Gasteiger partial charge in [-0.2, -0.15) is 5.10 Å². The molecule has 9 nitrogen and oxygen atoms in total. The van der Waals surface area contributed by atoms with Gasteiger partial charge in [0.25, 0.3) is 5.91 Å². The number of nitrogens with one attached hydrogen (secondary N) is 2. The molecule has 0 saturated heterocycles. The third-order valence-electron chi connectivity index (χ3n) is 5.36. The van der Waals surface area contributed by atoms with Gasteiger partial charge in [-0.25, -0.2) is 19.5 Å². The Kier molecular flexibility index (Phi) is 6.15. The molecule has 0 bridgehead atoms. The minimum atomic E-state index is -0.366. The largest absolute Gasteiger partial charge is 0.457 e. The number of ether oxygens (including phenoxy) is 1. The number of carbonyl (C=O) groups is 1. The third-order valence-corrected chi connectivity index (χ3v) is 5.36. The normalized spacial score (nSPS) is 11.1. The zero-order chi connectivity index (χ0) is 26.0. The van der Waals surface area contributed by atoms with Crippen LogP contribution in [0.3, 0.4) is 0 Å².